The maximum absolute atomic E-state index is 6.66. The fraction of sp³-hybridized carbons (Fsp3) is 0.0233. The van der Waals surface area contributed by atoms with E-state index in [9.17, 15) is 0 Å². The van der Waals surface area contributed by atoms with Crippen LogP contribution in [-0.2, 0) is 5.41 Å². The fourth-order valence-corrected chi connectivity index (χ4v) is 11.3. The minimum Gasteiger partial charge on any atom is -0.457 e. The first-order chi connectivity index (χ1) is 22.8. The molecule has 0 aliphatic carbocycles. The molecule has 2 aliphatic rings. The van der Waals surface area contributed by atoms with Gasteiger partial charge in [-0.1, -0.05) is 139 Å². The summed E-state index contributed by atoms with van der Waals surface area (Å²) in [5.41, 5.74) is 7.91. The summed E-state index contributed by atoms with van der Waals surface area (Å²) >= 11 is 0. The first-order valence-corrected chi connectivity index (χ1v) is 17.6. The number of anilines is 3. The van der Waals surface area contributed by atoms with Crippen molar-refractivity contribution in [3.8, 4) is 11.5 Å². The third kappa shape index (κ3) is 3.95. The van der Waals surface area contributed by atoms with Gasteiger partial charge < -0.3 is 9.64 Å². The monoisotopic (exact) mass is 605 g/mol. The Labute approximate surface area is 271 Å². The van der Waals surface area contributed by atoms with Crippen molar-refractivity contribution in [2.24, 2.45) is 0 Å². The molecule has 9 rings (SSSR count). The number of rotatable bonds is 4. The summed E-state index contributed by atoms with van der Waals surface area (Å²) in [4.78, 5) is 2.38. The number of ether oxygens (including phenoxy) is 1. The van der Waals surface area contributed by atoms with Crippen LogP contribution in [0.2, 0.25) is 0 Å². The van der Waals surface area contributed by atoms with Gasteiger partial charge in [0.15, 0.2) is 0 Å². The maximum Gasteiger partial charge on any atom is 0.133 e. The molecule has 0 aromatic heterocycles. The Kier molecular flexibility index (Phi) is 6.25. The summed E-state index contributed by atoms with van der Waals surface area (Å²) in [6.45, 7) is 0. The second-order valence-electron chi connectivity index (χ2n) is 12.1. The van der Waals surface area contributed by atoms with E-state index in [-0.39, 0.29) is 0 Å². The van der Waals surface area contributed by atoms with Gasteiger partial charge in [-0.15, -0.1) is 0 Å². The normalized spacial score (nSPS) is 15.1. The van der Waals surface area contributed by atoms with Gasteiger partial charge in [-0.3, -0.25) is 0 Å². The fourth-order valence-electron chi connectivity index (χ4n) is 7.84. The van der Waals surface area contributed by atoms with Gasteiger partial charge in [0, 0.05) is 28.2 Å². The van der Waals surface area contributed by atoms with E-state index >= 15 is 0 Å². The van der Waals surface area contributed by atoms with Gasteiger partial charge in [0.25, 0.3) is 0 Å². The molecule has 0 saturated heterocycles. The highest BCUT2D eigenvalue weighted by molar-refractivity contribution is 6.96. The van der Waals surface area contributed by atoms with Crippen molar-refractivity contribution in [3.05, 3.63) is 204 Å². The van der Waals surface area contributed by atoms with Crippen molar-refractivity contribution in [1.82, 2.24) is 0 Å². The van der Waals surface area contributed by atoms with E-state index in [0.29, 0.717) is 0 Å². The smallest absolute Gasteiger partial charge is 0.133 e. The van der Waals surface area contributed by atoms with Crippen LogP contribution in [0, 0.1) is 0 Å². The van der Waals surface area contributed by atoms with Gasteiger partial charge in [-0.2, -0.15) is 0 Å². The number of fused-ring (bicyclic) bond motifs is 8. The topological polar surface area (TPSA) is 12.5 Å². The minimum absolute atomic E-state index is 0.551. The largest absolute Gasteiger partial charge is 0.457 e. The molecule has 1 unspecified atom stereocenters. The van der Waals surface area contributed by atoms with Gasteiger partial charge in [0.2, 0.25) is 0 Å². The van der Waals surface area contributed by atoms with Crippen molar-refractivity contribution in [2.45, 2.75) is 5.41 Å². The van der Waals surface area contributed by atoms with Crippen molar-refractivity contribution >= 4 is 41.4 Å². The molecule has 0 radical (unpaired) electrons. The molecule has 0 bridgehead atoms. The zero-order valence-electron chi connectivity index (χ0n) is 25.3. The molecule has 7 aromatic rings. The summed E-state index contributed by atoms with van der Waals surface area (Å²) in [7, 11) is -1.86. The summed E-state index contributed by atoms with van der Waals surface area (Å²) in [5.74, 6) is 1.82. The van der Waals surface area contributed by atoms with Crippen LogP contribution >= 0.6 is 0 Å². The van der Waals surface area contributed by atoms with Crippen molar-refractivity contribution in [3.63, 3.8) is 0 Å². The molecule has 46 heavy (non-hydrogen) atoms. The lowest BCUT2D eigenvalue weighted by molar-refractivity contribution is 0.435. The van der Waals surface area contributed by atoms with Crippen LogP contribution in [0.4, 0.5) is 17.1 Å². The molecular formula is C43H31NOSi. The molecule has 1 spiro atoms. The van der Waals surface area contributed by atoms with Crippen LogP contribution in [-0.4, -0.2) is 8.80 Å². The molecule has 0 fully saturated rings. The zero-order chi connectivity index (χ0) is 30.5. The van der Waals surface area contributed by atoms with Crippen LogP contribution in [0.3, 0.4) is 0 Å². The third-order valence-corrected chi connectivity index (χ3v) is 13.0. The van der Waals surface area contributed by atoms with Gasteiger partial charge in [-0.05, 0) is 70.0 Å². The minimum atomic E-state index is -1.86. The van der Waals surface area contributed by atoms with E-state index in [1.807, 2.05) is 0 Å². The molecular weight excluding hydrogens is 575 g/mol. The molecule has 0 N–H and O–H groups in total. The molecule has 218 valence electrons. The Morgan fingerprint density at radius 2 is 0.870 bits per heavy atom. The number of benzene rings is 7. The predicted octanol–water partition coefficient (Wildman–Crippen LogP) is 8.21. The second kappa shape index (κ2) is 10.8. The van der Waals surface area contributed by atoms with E-state index < -0.39 is 14.2 Å². The van der Waals surface area contributed by atoms with Crippen LogP contribution in [0.15, 0.2) is 182 Å². The van der Waals surface area contributed by atoms with E-state index in [4.69, 9.17) is 4.74 Å². The van der Waals surface area contributed by atoms with Crippen LogP contribution < -0.4 is 25.2 Å². The van der Waals surface area contributed by atoms with E-state index in [0.717, 1.165) is 28.6 Å². The molecule has 3 heteroatoms. The summed E-state index contributed by atoms with van der Waals surface area (Å²) in [6, 6.07) is 66.3. The van der Waals surface area contributed by atoms with Gasteiger partial charge >= 0.3 is 0 Å². The molecule has 2 aliphatic heterocycles. The van der Waals surface area contributed by atoms with Crippen molar-refractivity contribution in [2.75, 3.05) is 4.90 Å². The second-order valence-corrected chi connectivity index (χ2v) is 14.8. The molecule has 2 nitrogen and oxygen atoms in total. The first kappa shape index (κ1) is 26.7. The number of hydrogen-bond acceptors (Lipinski definition) is 2. The lowest BCUT2D eigenvalue weighted by atomic mass is 9.63. The summed E-state index contributed by atoms with van der Waals surface area (Å²) in [6.07, 6.45) is 0. The number of nitrogens with zero attached hydrogens (tertiary/aromatic N) is 1. The third-order valence-electron chi connectivity index (χ3n) is 9.65. The average Bonchev–Trinajstić information content (AvgIpc) is 3.13. The van der Waals surface area contributed by atoms with Crippen molar-refractivity contribution in [1.29, 1.82) is 0 Å². The first-order valence-electron chi connectivity index (χ1n) is 15.9. The molecule has 1 atom stereocenters. The van der Waals surface area contributed by atoms with Crippen LogP contribution in [0.1, 0.15) is 22.3 Å². The quantitative estimate of drug-likeness (QED) is 0.188. The standard InChI is InChI=1S/C43H31NOSi/c1-4-16-31(17-5-1)44(32-18-6-2-7-19-32)33-28-29-42-38(30-33)43(35-22-10-13-25-39(35)45-40-26-14-11-23-36(40)43)37-24-12-15-27-41(37)46(42)34-20-8-3-9-21-34/h1-30,46H. The van der Waals surface area contributed by atoms with Gasteiger partial charge in [0.1, 0.15) is 20.3 Å². The highest BCUT2D eigenvalue weighted by Gasteiger charge is 2.51. The lowest BCUT2D eigenvalue weighted by Gasteiger charge is -2.47. The highest BCUT2D eigenvalue weighted by Crippen LogP contribution is 2.56. The van der Waals surface area contributed by atoms with Crippen molar-refractivity contribution < 1.29 is 4.74 Å². The SMILES string of the molecule is c1ccc(N(c2ccccc2)c2ccc3c(c2)C2(c4ccccc4Oc4ccccc42)c2ccccc2[SiH]3c2ccccc2)cc1. The predicted molar refractivity (Wildman–Crippen MR) is 192 cm³/mol. The molecule has 0 saturated carbocycles. The summed E-state index contributed by atoms with van der Waals surface area (Å²) < 4.78 is 6.66. The van der Waals surface area contributed by atoms with E-state index in [1.54, 1.807) is 0 Å². The van der Waals surface area contributed by atoms with E-state index in [2.05, 4.69) is 187 Å². The number of para-hydroxylation sites is 4. The summed E-state index contributed by atoms with van der Waals surface area (Å²) in [5, 5.41) is 4.33. The molecule has 7 aromatic carbocycles. The van der Waals surface area contributed by atoms with Crippen LogP contribution in [0.5, 0.6) is 11.5 Å². The van der Waals surface area contributed by atoms with Gasteiger partial charge in [-0.25, -0.2) is 0 Å². The Hall–Kier alpha value is -5.64. The molecule has 2 heterocycles. The Bertz CT molecular complexity index is 2110. The number of hydrogen-bond donors (Lipinski definition) is 0. The highest BCUT2D eigenvalue weighted by atomic mass is 28.3. The van der Waals surface area contributed by atoms with Gasteiger partial charge in [0.05, 0.1) is 5.41 Å². The van der Waals surface area contributed by atoms with E-state index in [1.165, 1.54) is 37.8 Å². The zero-order valence-corrected chi connectivity index (χ0v) is 26.4. The Balaban J connectivity index is 1.42. The molecule has 0 amide bonds. The lowest BCUT2D eigenvalue weighted by Crippen LogP contribution is -2.62. The Morgan fingerprint density at radius 3 is 1.48 bits per heavy atom. The maximum atomic E-state index is 6.66. The average molecular weight is 606 g/mol. The Morgan fingerprint density at radius 1 is 0.391 bits per heavy atom. The van der Waals surface area contributed by atoms with Crippen LogP contribution in [0.25, 0.3) is 0 Å².